The van der Waals surface area contributed by atoms with Gasteiger partial charge in [0.25, 0.3) is 0 Å². The Morgan fingerprint density at radius 1 is 1.18 bits per heavy atom. The van der Waals surface area contributed by atoms with Crippen LogP contribution in [0.1, 0.15) is 29.6 Å². The molecule has 0 aromatic heterocycles. The van der Waals surface area contributed by atoms with Gasteiger partial charge >= 0.3 is 5.97 Å². The molecule has 1 rings (SSSR count). The average molecular weight is 242 g/mol. The quantitative estimate of drug-likeness (QED) is 0.588. The van der Waals surface area contributed by atoms with E-state index < -0.39 is 29.0 Å². The van der Waals surface area contributed by atoms with Crippen LogP contribution in [0.3, 0.4) is 0 Å². The highest BCUT2D eigenvalue weighted by molar-refractivity contribution is 5.96. The summed E-state index contributed by atoms with van der Waals surface area (Å²) >= 11 is 0. The molecule has 0 aliphatic rings. The smallest absolute Gasteiger partial charge is 0.305 e. The van der Waals surface area contributed by atoms with E-state index in [1.807, 2.05) is 0 Å². The van der Waals surface area contributed by atoms with Gasteiger partial charge in [-0.05, 0) is 18.6 Å². The first kappa shape index (κ1) is 13.3. The summed E-state index contributed by atoms with van der Waals surface area (Å²) in [6.45, 7) is 0. The van der Waals surface area contributed by atoms with Crippen molar-refractivity contribution < 1.29 is 23.1 Å². The van der Waals surface area contributed by atoms with Gasteiger partial charge in [0.05, 0.1) is 12.7 Å². The second-order valence-electron chi connectivity index (χ2n) is 3.45. The highest BCUT2D eigenvalue weighted by Crippen LogP contribution is 2.15. The normalized spacial score (nSPS) is 10.1. The van der Waals surface area contributed by atoms with Crippen molar-refractivity contribution in [3.63, 3.8) is 0 Å². The minimum atomic E-state index is -0.881. The molecule has 0 unspecified atom stereocenters. The van der Waals surface area contributed by atoms with Crippen LogP contribution in [0, 0.1) is 11.6 Å². The fraction of sp³-hybridized carbons (Fsp3) is 0.333. The van der Waals surface area contributed by atoms with Crippen molar-refractivity contribution in [1.82, 2.24) is 0 Å². The van der Waals surface area contributed by atoms with Crippen molar-refractivity contribution in [2.24, 2.45) is 0 Å². The predicted octanol–water partition coefficient (Wildman–Crippen LogP) is 2.49. The summed E-state index contributed by atoms with van der Waals surface area (Å²) in [5.74, 6) is -2.86. The van der Waals surface area contributed by atoms with Crippen LogP contribution < -0.4 is 0 Å². The van der Waals surface area contributed by atoms with Crippen molar-refractivity contribution in [1.29, 1.82) is 0 Å². The highest BCUT2D eigenvalue weighted by Gasteiger charge is 2.16. The van der Waals surface area contributed by atoms with Gasteiger partial charge in [0.2, 0.25) is 0 Å². The summed E-state index contributed by atoms with van der Waals surface area (Å²) < 4.78 is 30.8. The minimum Gasteiger partial charge on any atom is -0.469 e. The lowest BCUT2D eigenvalue weighted by Crippen LogP contribution is -2.07. The maximum absolute atomic E-state index is 13.2. The maximum Gasteiger partial charge on any atom is 0.305 e. The molecule has 0 saturated heterocycles. The molecule has 0 aliphatic heterocycles. The van der Waals surface area contributed by atoms with Crippen molar-refractivity contribution in [2.75, 3.05) is 7.11 Å². The number of carbonyl (C=O) groups is 2. The number of esters is 1. The maximum atomic E-state index is 13.2. The highest BCUT2D eigenvalue weighted by atomic mass is 19.1. The Labute approximate surface area is 97.4 Å². The molecule has 0 atom stereocenters. The average Bonchev–Trinajstić information content (AvgIpc) is 2.28. The van der Waals surface area contributed by atoms with Crippen LogP contribution in [0.15, 0.2) is 18.2 Å². The predicted molar refractivity (Wildman–Crippen MR) is 56.6 cm³/mol. The lowest BCUT2D eigenvalue weighted by Gasteiger charge is -2.03. The minimum absolute atomic E-state index is 0.0539. The van der Waals surface area contributed by atoms with E-state index in [1.54, 1.807) is 0 Å². The summed E-state index contributed by atoms with van der Waals surface area (Å²) in [6.07, 6.45) is 0.171. The third-order valence-corrected chi connectivity index (χ3v) is 2.25. The van der Waals surface area contributed by atoms with E-state index in [1.165, 1.54) is 13.2 Å². The van der Waals surface area contributed by atoms with E-state index in [0.717, 1.165) is 12.1 Å². The van der Waals surface area contributed by atoms with Gasteiger partial charge in [0.15, 0.2) is 5.78 Å². The van der Waals surface area contributed by atoms with Crippen LogP contribution >= 0.6 is 0 Å². The van der Waals surface area contributed by atoms with Crippen LogP contribution in [0.2, 0.25) is 0 Å². The van der Waals surface area contributed by atoms with Crippen LogP contribution in [-0.4, -0.2) is 18.9 Å². The van der Waals surface area contributed by atoms with Gasteiger partial charge in [-0.3, -0.25) is 9.59 Å². The molecule has 0 N–H and O–H groups in total. The Morgan fingerprint density at radius 2 is 1.76 bits per heavy atom. The standard InChI is InChI=1S/C12H12F2O3/c1-17-11(16)7-3-6-10(15)12-8(13)4-2-5-9(12)14/h2,4-5H,3,6-7H2,1H3. The van der Waals surface area contributed by atoms with Crippen molar-refractivity contribution >= 4 is 11.8 Å². The topological polar surface area (TPSA) is 43.4 Å². The molecule has 0 saturated carbocycles. The molecule has 0 amide bonds. The molecule has 0 spiro atoms. The number of methoxy groups -OCH3 is 1. The van der Waals surface area contributed by atoms with Crippen molar-refractivity contribution in [2.45, 2.75) is 19.3 Å². The van der Waals surface area contributed by atoms with E-state index in [0.29, 0.717) is 0 Å². The van der Waals surface area contributed by atoms with Gasteiger partial charge in [-0.25, -0.2) is 8.78 Å². The largest absolute Gasteiger partial charge is 0.469 e. The van der Waals surface area contributed by atoms with Gasteiger partial charge in [0, 0.05) is 12.8 Å². The zero-order valence-electron chi connectivity index (χ0n) is 9.33. The lowest BCUT2D eigenvalue weighted by molar-refractivity contribution is -0.140. The molecule has 5 heteroatoms. The van der Waals surface area contributed by atoms with Gasteiger partial charge in [0.1, 0.15) is 11.6 Å². The third-order valence-electron chi connectivity index (χ3n) is 2.25. The molecule has 3 nitrogen and oxygen atoms in total. The molecule has 0 heterocycles. The number of hydrogen-bond acceptors (Lipinski definition) is 3. The summed E-state index contributed by atoms with van der Waals surface area (Å²) in [4.78, 5) is 22.3. The van der Waals surface area contributed by atoms with Crippen LogP contribution in [0.4, 0.5) is 8.78 Å². The van der Waals surface area contributed by atoms with Crippen molar-refractivity contribution in [3.8, 4) is 0 Å². The van der Waals surface area contributed by atoms with Crippen molar-refractivity contribution in [3.05, 3.63) is 35.4 Å². The van der Waals surface area contributed by atoms with Gasteiger partial charge in [-0.1, -0.05) is 6.07 Å². The molecule has 0 fully saturated rings. The van der Waals surface area contributed by atoms with E-state index in [4.69, 9.17) is 0 Å². The number of ether oxygens (including phenoxy) is 1. The number of hydrogen-bond donors (Lipinski definition) is 0. The Kier molecular flexibility index (Phi) is 4.75. The Morgan fingerprint density at radius 3 is 2.29 bits per heavy atom. The summed E-state index contributed by atoms with van der Waals surface area (Å²) in [7, 11) is 1.24. The van der Waals surface area contributed by atoms with Crippen LogP contribution in [-0.2, 0) is 9.53 Å². The van der Waals surface area contributed by atoms with E-state index in [9.17, 15) is 18.4 Å². The zero-order valence-corrected chi connectivity index (χ0v) is 9.33. The first-order valence-electron chi connectivity index (χ1n) is 5.10. The second kappa shape index (κ2) is 6.08. The number of rotatable bonds is 5. The number of carbonyl (C=O) groups excluding carboxylic acids is 2. The molecule has 1 aromatic carbocycles. The fourth-order valence-electron chi connectivity index (χ4n) is 1.38. The fourth-order valence-corrected chi connectivity index (χ4v) is 1.38. The summed E-state index contributed by atoms with van der Waals surface area (Å²) in [6, 6.07) is 3.24. The van der Waals surface area contributed by atoms with E-state index in [-0.39, 0.29) is 19.3 Å². The SMILES string of the molecule is COC(=O)CCCC(=O)c1c(F)cccc1F. The molecule has 0 aliphatic carbocycles. The van der Waals surface area contributed by atoms with Crippen LogP contribution in [0.25, 0.3) is 0 Å². The molecular weight excluding hydrogens is 230 g/mol. The number of Topliss-reactive ketones (excluding diaryl/α,β-unsaturated/α-hetero) is 1. The van der Waals surface area contributed by atoms with E-state index in [2.05, 4.69) is 4.74 Å². The molecular formula is C12H12F2O3. The number of ketones is 1. The molecule has 1 aromatic rings. The van der Waals surface area contributed by atoms with Crippen LogP contribution in [0.5, 0.6) is 0 Å². The zero-order chi connectivity index (χ0) is 12.8. The Bertz CT molecular complexity index is 410. The first-order valence-corrected chi connectivity index (χ1v) is 5.10. The molecule has 0 radical (unpaired) electrons. The van der Waals surface area contributed by atoms with Gasteiger partial charge in [-0.2, -0.15) is 0 Å². The van der Waals surface area contributed by atoms with E-state index >= 15 is 0 Å². The number of benzene rings is 1. The number of halogens is 2. The molecule has 92 valence electrons. The Balaban J connectivity index is 2.61. The first-order chi connectivity index (χ1) is 8.06. The third kappa shape index (κ3) is 3.62. The van der Waals surface area contributed by atoms with Gasteiger partial charge in [-0.15, -0.1) is 0 Å². The van der Waals surface area contributed by atoms with Gasteiger partial charge < -0.3 is 4.74 Å². The monoisotopic (exact) mass is 242 g/mol. The summed E-state index contributed by atoms with van der Waals surface area (Å²) in [5.41, 5.74) is -0.544. The lowest BCUT2D eigenvalue weighted by atomic mass is 10.0. The second-order valence-corrected chi connectivity index (χ2v) is 3.45. The Hall–Kier alpha value is -1.78. The molecule has 0 bridgehead atoms. The molecule has 17 heavy (non-hydrogen) atoms. The summed E-state index contributed by atoms with van der Waals surface area (Å²) in [5, 5.41) is 0.